The first-order chi connectivity index (χ1) is 57.0. The minimum atomic E-state index is -0.411. The number of Topliss-reactive ketones (excluding diaryl/α,β-unsaturated/α-hetero) is 8. The Morgan fingerprint density at radius 2 is 0.479 bits per heavy atom. The van der Waals surface area contributed by atoms with Crippen molar-refractivity contribution in [2.45, 2.75) is 6.92 Å². The highest BCUT2D eigenvalue weighted by molar-refractivity contribution is 7.99. The molecule has 4 fully saturated rings. The molecule has 4 aliphatic heterocycles. The van der Waals surface area contributed by atoms with E-state index in [9.17, 15) is 57.5 Å². The van der Waals surface area contributed by atoms with Gasteiger partial charge >= 0.3 is 0 Å². The van der Waals surface area contributed by atoms with Gasteiger partial charge in [-0.2, -0.15) is 11.8 Å². The minimum Gasteiger partial charge on any atom is -0.368 e. The molecule has 4 saturated heterocycles. The first-order valence-corrected chi connectivity index (χ1v) is 40.1. The number of fused-ring (bicyclic) bond motifs is 4. The third-order valence-corrected chi connectivity index (χ3v) is 22.4. The topological polar surface area (TPSA) is 276 Å². The number of nitrogens with one attached hydrogen (secondary N) is 4. The van der Waals surface area contributed by atoms with Gasteiger partial charge in [-0.25, -0.2) is 0 Å². The standard InChI is InChI=1S/C27H23N3O3.C23H23N3O3.C22H21N3O3.C21H18N2O3S/c31-25-21-13-7-8-14-22(21)26(32)24(23(25)28-27(33)19-9-3-1-4-10-19)30-17-15-29(16-18-30)20-11-5-2-6-12-20;1-2-25-12-14-26(15-13-25)20-19(24-23(29)16-8-4-3-5-9-16)21(27)17-10-6-7-11-18(17)22(20)28;1-24-11-13-25(14-12-24)19-18(23-22(28)15-7-3-2-4-8-15)20(26)16-9-5-6-10-17(16)21(19)27;24-19-15-8-4-5-9-16(15)20(25)18(23-10-12-27-13-11-23)17(19)22-21(26)14-6-2-1-3-7-14/h1-14H,15-18H2,(H,28,33);3-11H,2,12-15H2,1H3,(H,24,29);2-10H,11-14H2,1H3,(H,23,28);1-9H,10-13H2,(H,22,26). The van der Waals surface area contributed by atoms with E-state index in [1.807, 2.05) is 80.9 Å². The molecule has 0 unspecified atom stereocenters. The number of carbonyl (C=O) groups is 12. The van der Waals surface area contributed by atoms with E-state index in [-0.39, 0.29) is 74.8 Å². The van der Waals surface area contributed by atoms with Crippen LogP contribution in [-0.4, -0.2) is 216 Å². The molecular formula is C93H85N11O12S. The van der Waals surface area contributed by atoms with Crippen LogP contribution in [0.5, 0.6) is 0 Å². The van der Waals surface area contributed by atoms with Crippen molar-refractivity contribution in [3.8, 4) is 0 Å². The Balaban J connectivity index is 0.000000129. The fourth-order valence-corrected chi connectivity index (χ4v) is 16.1. The summed E-state index contributed by atoms with van der Waals surface area (Å²) in [4.78, 5) is 172. The SMILES string of the molecule is CCN1CCN(C2=C(NC(=O)c3ccccc3)C(=O)c3ccccc3C2=O)CC1.CN1CCN(C2=C(NC(=O)c3ccccc3)C(=O)c3ccccc3C2=O)CC1.O=C(NC1=C(N2CCN(c3ccccc3)CC2)C(=O)c2ccccc2C1=O)c1ccccc1.O=C(NC1=C(N2CCSCC2)C(=O)c2ccccc2C1=O)c1ccccc1. The van der Waals surface area contributed by atoms with E-state index in [0.717, 1.165) is 49.9 Å². The lowest BCUT2D eigenvalue weighted by molar-refractivity contribution is 0.0878. The third-order valence-electron chi connectivity index (χ3n) is 21.5. The number of anilines is 1. The molecule has 9 aromatic carbocycles. The quantitative estimate of drug-likeness (QED) is 0.0787. The number of likely N-dealkylation sites (N-methyl/N-ethyl adjacent to an activating group) is 2. The molecule has 17 rings (SSSR count). The van der Waals surface area contributed by atoms with Crippen LogP contribution in [0, 0.1) is 0 Å². The van der Waals surface area contributed by atoms with E-state index in [4.69, 9.17) is 0 Å². The van der Waals surface area contributed by atoms with Crippen molar-refractivity contribution >= 4 is 87.3 Å². The summed E-state index contributed by atoms with van der Waals surface area (Å²) in [5, 5.41) is 11.0. The number of hydrogen-bond donors (Lipinski definition) is 4. The van der Waals surface area contributed by atoms with Gasteiger partial charge in [-0.1, -0.05) is 195 Å². The lowest BCUT2D eigenvalue weighted by Crippen LogP contribution is -2.49. The van der Waals surface area contributed by atoms with Gasteiger partial charge in [-0.15, -0.1) is 0 Å². The molecule has 0 spiro atoms. The van der Waals surface area contributed by atoms with Gasteiger partial charge in [0.05, 0.1) is 0 Å². The molecule has 8 aliphatic rings. The van der Waals surface area contributed by atoms with Crippen LogP contribution >= 0.6 is 11.8 Å². The van der Waals surface area contributed by atoms with Crippen LogP contribution in [0.3, 0.4) is 0 Å². The van der Waals surface area contributed by atoms with Gasteiger partial charge in [0.25, 0.3) is 23.6 Å². The van der Waals surface area contributed by atoms with E-state index < -0.39 is 23.6 Å². The number of allylic oxidation sites excluding steroid dienone is 8. The van der Waals surface area contributed by atoms with Crippen molar-refractivity contribution < 1.29 is 57.5 Å². The second-order valence-corrected chi connectivity index (χ2v) is 29.8. The predicted octanol–water partition coefficient (Wildman–Crippen LogP) is 10.6. The Bertz CT molecular complexity index is 5510. The van der Waals surface area contributed by atoms with E-state index in [2.05, 4.69) is 55.0 Å². The Kier molecular flexibility index (Phi) is 25.1. The average Bonchev–Trinajstić information content (AvgIpc) is 0.772. The van der Waals surface area contributed by atoms with Crippen molar-refractivity contribution in [1.82, 2.24) is 50.7 Å². The largest absolute Gasteiger partial charge is 0.368 e. The number of hydrogen-bond acceptors (Lipinski definition) is 20. The summed E-state index contributed by atoms with van der Waals surface area (Å²) in [6.07, 6.45) is 0. The second-order valence-electron chi connectivity index (χ2n) is 28.6. The number of para-hydroxylation sites is 1. The molecular weight excluding hydrogens is 1500 g/mol. The molecule has 0 atom stereocenters. The highest BCUT2D eigenvalue weighted by Crippen LogP contribution is 2.34. The molecule has 0 saturated carbocycles. The van der Waals surface area contributed by atoms with E-state index in [1.165, 1.54) is 0 Å². The summed E-state index contributed by atoms with van der Waals surface area (Å²) in [7, 11) is 2.02. The summed E-state index contributed by atoms with van der Waals surface area (Å²) in [6.45, 7) is 12.6. The lowest BCUT2D eigenvalue weighted by Gasteiger charge is -2.39. The molecule has 590 valence electrons. The summed E-state index contributed by atoms with van der Waals surface area (Å²) in [6, 6.07) is 72.0. The predicted molar refractivity (Wildman–Crippen MR) is 446 cm³/mol. The number of piperazine rings is 3. The number of thioether (sulfide) groups is 1. The smallest absolute Gasteiger partial charge is 0.255 e. The van der Waals surface area contributed by atoms with Crippen LogP contribution in [0.25, 0.3) is 0 Å². The maximum Gasteiger partial charge on any atom is 0.255 e. The number of nitrogens with zero attached hydrogens (tertiary/aromatic N) is 7. The molecule has 4 N–H and O–H groups in total. The van der Waals surface area contributed by atoms with Crippen LogP contribution in [-0.2, 0) is 0 Å². The van der Waals surface area contributed by atoms with Crippen molar-refractivity contribution in [3.63, 3.8) is 0 Å². The summed E-state index contributed by atoms with van der Waals surface area (Å²) < 4.78 is 0. The van der Waals surface area contributed by atoms with Gasteiger partial charge in [0.15, 0.2) is 0 Å². The third kappa shape index (κ3) is 17.6. The zero-order valence-corrected chi connectivity index (χ0v) is 65.4. The van der Waals surface area contributed by atoms with Crippen molar-refractivity contribution in [1.29, 1.82) is 0 Å². The molecule has 4 aliphatic carbocycles. The first-order valence-electron chi connectivity index (χ1n) is 38.9. The molecule has 0 bridgehead atoms. The molecule has 4 amide bonds. The maximum atomic E-state index is 13.5. The molecule has 23 nitrogen and oxygen atoms in total. The van der Waals surface area contributed by atoms with E-state index in [1.54, 1.807) is 194 Å². The molecule has 0 aromatic heterocycles. The van der Waals surface area contributed by atoms with Crippen molar-refractivity contribution in [3.05, 3.63) is 361 Å². The highest BCUT2D eigenvalue weighted by atomic mass is 32.2. The number of amides is 4. The summed E-state index contributed by atoms with van der Waals surface area (Å²) in [5.74, 6) is -2.02. The maximum absolute atomic E-state index is 13.5. The Morgan fingerprint density at radius 3 is 0.744 bits per heavy atom. The molecule has 0 radical (unpaired) electrons. The first kappa shape index (κ1) is 80.1. The van der Waals surface area contributed by atoms with Crippen LogP contribution in [0.4, 0.5) is 5.69 Å². The molecule has 117 heavy (non-hydrogen) atoms. The average molecular weight is 1580 g/mol. The second kappa shape index (κ2) is 36.7. The van der Waals surface area contributed by atoms with Crippen LogP contribution < -0.4 is 26.2 Å². The molecule has 9 aromatic rings. The highest BCUT2D eigenvalue weighted by Gasteiger charge is 2.42. The van der Waals surface area contributed by atoms with Gasteiger partial charge in [0.2, 0.25) is 46.3 Å². The Labute approximate surface area is 681 Å². The number of carbonyl (C=O) groups excluding carboxylic acids is 12. The molecule has 4 heterocycles. The fourth-order valence-electron chi connectivity index (χ4n) is 15.2. The van der Waals surface area contributed by atoms with Crippen molar-refractivity contribution in [2.24, 2.45) is 0 Å². The summed E-state index contributed by atoms with van der Waals surface area (Å²) in [5.41, 5.74) is 7.19. The van der Waals surface area contributed by atoms with Crippen molar-refractivity contribution in [2.75, 3.05) is 122 Å². The number of benzene rings is 9. The summed E-state index contributed by atoms with van der Waals surface area (Å²) >= 11 is 1.81. The molecule has 24 heteroatoms. The van der Waals surface area contributed by atoms with Crippen LogP contribution in [0.1, 0.15) is 131 Å². The Hall–Kier alpha value is -13.6. The van der Waals surface area contributed by atoms with Gasteiger partial charge < -0.3 is 55.6 Å². The van der Waals surface area contributed by atoms with Gasteiger partial charge in [-0.3, -0.25) is 57.5 Å². The van der Waals surface area contributed by atoms with E-state index in [0.29, 0.717) is 149 Å². The van der Waals surface area contributed by atoms with E-state index >= 15 is 0 Å². The fraction of sp³-hybridized carbons (Fsp3) is 0.204. The minimum absolute atomic E-state index is 0.0562. The van der Waals surface area contributed by atoms with Gasteiger partial charge in [-0.05, 0) is 74.3 Å². The van der Waals surface area contributed by atoms with Crippen LogP contribution in [0.2, 0.25) is 0 Å². The Morgan fingerprint density at radius 1 is 0.265 bits per heavy atom. The lowest BCUT2D eigenvalue weighted by atomic mass is 9.89. The zero-order chi connectivity index (χ0) is 81.6. The van der Waals surface area contributed by atoms with Crippen LogP contribution in [0.15, 0.2) is 294 Å². The van der Waals surface area contributed by atoms with Gasteiger partial charge in [0, 0.05) is 176 Å². The monoisotopic (exact) mass is 1580 g/mol. The number of rotatable bonds is 14. The van der Waals surface area contributed by atoms with Gasteiger partial charge in [0.1, 0.15) is 45.6 Å². The zero-order valence-electron chi connectivity index (χ0n) is 64.6. The normalized spacial score (nSPS) is 16.9. The number of ketones is 8.